The van der Waals surface area contributed by atoms with Gasteiger partial charge in [-0.05, 0) is 36.8 Å². The molecule has 4 nitrogen and oxygen atoms in total. The summed E-state index contributed by atoms with van der Waals surface area (Å²) in [5, 5.41) is 3.19. The van der Waals surface area contributed by atoms with Gasteiger partial charge in [0.1, 0.15) is 4.90 Å². The molecule has 0 aromatic heterocycles. The molecule has 21 heavy (non-hydrogen) atoms. The molecule has 118 valence electrons. The SMILES string of the molecule is CCCNc1ccccc1S(=O)(=O)NCC1(C)CCCC1. The quantitative estimate of drug-likeness (QED) is 0.812. The van der Waals surface area contributed by atoms with Crippen molar-refractivity contribution in [2.45, 2.75) is 50.8 Å². The molecule has 0 unspecified atom stereocenters. The van der Waals surface area contributed by atoms with E-state index in [1.54, 1.807) is 12.1 Å². The summed E-state index contributed by atoms with van der Waals surface area (Å²) in [6.07, 6.45) is 5.57. The van der Waals surface area contributed by atoms with Gasteiger partial charge in [-0.15, -0.1) is 0 Å². The highest BCUT2D eigenvalue weighted by atomic mass is 32.2. The molecule has 1 aliphatic carbocycles. The van der Waals surface area contributed by atoms with Crippen molar-refractivity contribution in [2.75, 3.05) is 18.4 Å². The molecule has 2 rings (SSSR count). The highest BCUT2D eigenvalue weighted by molar-refractivity contribution is 7.89. The summed E-state index contributed by atoms with van der Waals surface area (Å²) in [6.45, 7) is 5.52. The molecule has 0 radical (unpaired) electrons. The highest BCUT2D eigenvalue weighted by Gasteiger charge is 2.30. The van der Waals surface area contributed by atoms with E-state index < -0.39 is 10.0 Å². The lowest BCUT2D eigenvalue weighted by Crippen LogP contribution is -2.34. The number of sulfonamides is 1. The Bertz CT molecular complexity index is 563. The van der Waals surface area contributed by atoms with Crippen LogP contribution in [0.1, 0.15) is 46.0 Å². The number of anilines is 1. The molecular formula is C16H26N2O2S. The zero-order valence-corrected chi connectivity index (χ0v) is 13.8. The van der Waals surface area contributed by atoms with Crippen molar-refractivity contribution in [1.82, 2.24) is 4.72 Å². The topological polar surface area (TPSA) is 58.2 Å². The van der Waals surface area contributed by atoms with Gasteiger partial charge in [-0.2, -0.15) is 0 Å². The maximum absolute atomic E-state index is 12.6. The molecule has 0 spiro atoms. The van der Waals surface area contributed by atoms with Gasteiger partial charge >= 0.3 is 0 Å². The fourth-order valence-electron chi connectivity index (χ4n) is 2.86. The fraction of sp³-hybridized carbons (Fsp3) is 0.625. The minimum atomic E-state index is -3.46. The first-order valence-electron chi connectivity index (χ1n) is 7.79. The third kappa shape index (κ3) is 4.20. The molecular weight excluding hydrogens is 284 g/mol. The molecule has 2 N–H and O–H groups in total. The summed E-state index contributed by atoms with van der Waals surface area (Å²) in [4.78, 5) is 0.347. The largest absolute Gasteiger partial charge is 0.384 e. The molecule has 0 saturated heterocycles. The van der Waals surface area contributed by atoms with Crippen LogP contribution in [0, 0.1) is 5.41 Å². The summed E-state index contributed by atoms with van der Waals surface area (Å²) in [5.41, 5.74) is 0.794. The maximum Gasteiger partial charge on any atom is 0.242 e. The first-order valence-corrected chi connectivity index (χ1v) is 9.28. The monoisotopic (exact) mass is 310 g/mol. The Morgan fingerprint density at radius 1 is 1.19 bits per heavy atom. The lowest BCUT2D eigenvalue weighted by atomic mass is 9.89. The van der Waals surface area contributed by atoms with Crippen LogP contribution in [-0.4, -0.2) is 21.5 Å². The summed E-state index contributed by atoms with van der Waals surface area (Å²) >= 11 is 0. The van der Waals surface area contributed by atoms with E-state index in [0.717, 1.165) is 25.8 Å². The van der Waals surface area contributed by atoms with Gasteiger partial charge in [-0.1, -0.05) is 38.8 Å². The molecule has 0 atom stereocenters. The van der Waals surface area contributed by atoms with Crippen LogP contribution in [0.2, 0.25) is 0 Å². The van der Waals surface area contributed by atoms with Crippen molar-refractivity contribution in [3.05, 3.63) is 24.3 Å². The Balaban J connectivity index is 2.11. The summed E-state index contributed by atoms with van der Waals surface area (Å²) in [5.74, 6) is 0. The molecule has 1 aromatic rings. The lowest BCUT2D eigenvalue weighted by molar-refractivity contribution is 0.336. The number of hydrogen-bond donors (Lipinski definition) is 2. The van der Waals surface area contributed by atoms with E-state index in [0.29, 0.717) is 17.1 Å². The summed E-state index contributed by atoms with van der Waals surface area (Å²) < 4.78 is 27.9. The van der Waals surface area contributed by atoms with Crippen LogP contribution in [0.3, 0.4) is 0 Å². The molecule has 0 amide bonds. The van der Waals surface area contributed by atoms with Crippen LogP contribution in [0.25, 0.3) is 0 Å². The van der Waals surface area contributed by atoms with Gasteiger partial charge in [0.15, 0.2) is 0 Å². The molecule has 0 aliphatic heterocycles. The normalized spacial score (nSPS) is 17.8. The van der Waals surface area contributed by atoms with Crippen LogP contribution in [0.15, 0.2) is 29.2 Å². The molecule has 0 bridgehead atoms. The van der Waals surface area contributed by atoms with Crippen molar-refractivity contribution in [3.8, 4) is 0 Å². The highest BCUT2D eigenvalue weighted by Crippen LogP contribution is 2.37. The maximum atomic E-state index is 12.6. The average molecular weight is 310 g/mol. The van der Waals surface area contributed by atoms with Crippen LogP contribution in [0.4, 0.5) is 5.69 Å². The van der Waals surface area contributed by atoms with Crippen molar-refractivity contribution < 1.29 is 8.42 Å². The van der Waals surface area contributed by atoms with Crippen LogP contribution >= 0.6 is 0 Å². The van der Waals surface area contributed by atoms with Gasteiger partial charge in [0.05, 0.1) is 5.69 Å². The van der Waals surface area contributed by atoms with Gasteiger partial charge in [-0.3, -0.25) is 0 Å². The molecule has 1 aliphatic rings. The number of rotatable bonds is 7. The average Bonchev–Trinajstić information content (AvgIpc) is 2.91. The number of nitrogens with one attached hydrogen (secondary N) is 2. The first kappa shape index (κ1) is 16.3. The van der Waals surface area contributed by atoms with E-state index in [1.807, 2.05) is 12.1 Å². The number of hydrogen-bond acceptors (Lipinski definition) is 3. The smallest absolute Gasteiger partial charge is 0.242 e. The zero-order valence-electron chi connectivity index (χ0n) is 13.0. The summed E-state index contributed by atoms with van der Waals surface area (Å²) in [7, 11) is -3.46. The second-order valence-corrected chi connectivity index (χ2v) is 8.00. The van der Waals surface area contributed by atoms with E-state index >= 15 is 0 Å². The number of benzene rings is 1. The first-order chi connectivity index (χ1) is 9.97. The zero-order chi connectivity index (χ0) is 15.3. The predicted octanol–water partition coefficient (Wildman–Crippen LogP) is 3.37. The van der Waals surface area contributed by atoms with E-state index in [9.17, 15) is 8.42 Å². The lowest BCUT2D eigenvalue weighted by Gasteiger charge is -2.24. The van der Waals surface area contributed by atoms with Crippen LogP contribution in [0.5, 0.6) is 0 Å². The Kier molecular flexibility index (Phi) is 5.27. The van der Waals surface area contributed by atoms with Crippen molar-refractivity contribution in [1.29, 1.82) is 0 Å². The molecule has 1 fully saturated rings. The van der Waals surface area contributed by atoms with Gasteiger partial charge in [0.25, 0.3) is 0 Å². The van der Waals surface area contributed by atoms with Crippen LogP contribution in [-0.2, 0) is 10.0 Å². The minimum absolute atomic E-state index is 0.110. The Labute approximate surface area is 128 Å². The van der Waals surface area contributed by atoms with E-state index in [2.05, 4.69) is 23.9 Å². The van der Waals surface area contributed by atoms with Gasteiger partial charge in [-0.25, -0.2) is 13.1 Å². The van der Waals surface area contributed by atoms with Crippen molar-refractivity contribution >= 4 is 15.7 Å². The van der Waals surface area contributed by atoms with E-state index in [-0.39, 0.29) is 5.41 Å². The fourth-order valence-corrected chi connectivity index (χ4v) is 4.24. The third-order valence-corrected chi connectivity index (χ3v) is 5.70. The van der Waals surface area contributed by atoms with Crippen molar-refractivity contribution in [2.24, 2.45) is 5.41 Å². The van der Waals surface area contributed by atoms with Gasteiger partial charge in [0, 0.05) is 13.1 Å². The van der Waals surface area contributed by atoms with Gasteiger partial charge < -0.3 is 5.32 Å². The second-order valence-electron chi connectivity index (χ2n) is 6.27. The molecule has 1 saturated carbocycles. The van der Waals surface area contributed by atoms with E-state index in [4.69, 9.17) is 0 Å². The molecule has 0 heterocycles. The minimum Gasteiger partial charge on any atom is -0.384 e. The molecule has 5 heteroatoms. The number of para-hydroxylation sites is 1. The standard InChI is InChI=1S/C16H26N2O2S/c1-3-12-17-14-8-4-5-9-15(14)21(19,20)18-13-16(2)10-6-7-11-16/h4-5,8-9,17-18H,3,6-7,10-13H2,1-2H3. The van der Waals surface area contributed by atoms with Crippen LogP contribution < -0.4 is 10.0 Å². The third-order valence-electron chi connectivity index (χ3n) is 4.24. The van der Waals surface area contributed by atoms with Gasteiger partial charge in [0.2, 0.25) is 10.0 Å². The molecule has 1 aromatic carbocycles. The Hall–Kier alpha value is -1.07. The second kappa shape index (κ2) is 6.79. The Morgan fingerprint density at radius 2 is 1.86 bits per heavy atom. The predicted molar refractivity (Wildman–Crippen MR) is 87.0 cm³/mol. The summed E-state index contributed by atoms with van der Waals surface area (Å²) in [6, 6.07) is 7.11. The Morgan fingerprint density at radius 3 is 2.52 bits per heavy atom. The van der Waals surface area contributed by atoms with E-state index in [1.165, 1.54) is 12.8 Å². The van der Waals surface area contributed by atoms with Crippen molar-refractivity contribution in [3.63, 3.8) is 0 Å².